The number of fused-ring (bicyclic) bond motifs is 1. The average molecular weight is 355 g/mol. The van der Waals surface area contributed by atoms with Crippen molar-refractivity contribution >= 4 is 29.1 Å². The quantitative estimate of drug-likeness (QED) is 0.532. The Labute approximate surface area is 151 Å². The Morgan fingerprint density at radius 1 is 1.42 bits per heavy atom. The van der Waals surface area contributed by atoms with E-state index in [1.165, 1.54) is 4.90 Å². The summed E-state index contributed by atoms with van der Waals surface area (Å²) in [6.45, 7) is 4.96. The van der Waals surface area contributed by atoms with E-state index in [1.807, 2.05) is 32.2 Å². The third-order valence-corrected chi connectivity index (χ3v) is 4.46. The van der Waals surface area contributed by atoms with Crippen molar-refractivity contribution in [1.82, 2.24) is 14.5 Å². The highest BCUT2D eigenvalue weighted by Crippen LogP contribution is 2.23. The number of benzene rings is 1. The van der Waals surface area contributed by atoms with Gasteiger partial charge in [0.25, 0.3) is 5.82 Å². The van der Waals surface area contributed by atoms with Crippen molar-refractivity contribution in [3.05, 3.63) is 35.9 Å². The standard InChI is InChI=1S/C18H23N6O2/c1-5-24-15-8-13(26-4)6-7-14(15)22(3)16(24)10-23(11-25)18-17(19)20-9-12(2)21-18/h6-9,11H,5,10H2,1-4H3,(H2,19,20)/q+1. The summed E-state index contributed by atoms with van der Waals surface area (Å²) in [6.07, 6.45) is 2.31. The summed E-state index contributed by atoms with van der Waals surface area (Å²) in [6, 6.07) is 5.93. The van der Waals surface area contributed by atoms with E-state index in [4.69, 9.17) is 10.5 Å². The van der Waals surface area contributed by atoms with Gasteiger partial charge in [-0.05, 0) is 26.0 Å². The van der Waals surface area contributed by atoms with Crippen molar-refractivity contribution in [2.24, 2.45) is 7.05 Å². The lowest BCUT2D eigenvalue weighted by Crippen LogP contribution is -2.38. The van der Waals surface area contributed by atoms with Crippen LogP contribution in [0.2, 0.25) is 0 Å². The fourth-order valence-corrected chi connectivity index (χ4v) is 3.13. The molecule has 0 radical (unpaired) electrons. The lowest BCUT2D eigenvalue weighted by atomic mass is 10.3. The molecule has 0 saturated carbocycles. The number of carbonyl (C=O) groups is 1. The maximum atomic E-state index is 11.8. The molecule has 3 aromatic rings. The number of anilines is 2. The van der Waals surface area contributed by atoms with Crippen LogP contribution in [0.3, 0.4) is 0 Å². The zero-order valence-corrected chi connectivity index (χ0v) is 15.4. The topological polar surface area (TPSA) is 90.2 Å². The molecule has 0 bridgehead atoms. The van der Waals surface area contributed by atoms with Gasteiger partial charge in [-0.15, -0.1) is 0 Å². The molecule has 2 heterocycles. The van der Waals surface area contributed by atoms with Crippen LogP contribution in [0.1, 0.15) is 18.4 Å². The molecule has 0 aliphatic carbocycles. The SMILES string of the molecule is CCn1c(CN(C=O)c2nc(C)cnc2N)[n+](C)c2ccc(OC)cc21. The minimum absolute atomic E-state index is 0.228. The van der Waals surface area contributed by atoms with E-state index in [0.717, 1.165) is 35.6 Å². The normalized spacial score (nSPS) is 10.9. The molecule has 26 heavy (non-hydrogen) atoms. The van der Waals surface area contributed by atoms with Crippen LogP contribution in [0, 0.1) is 6.92 Å². The lowest BCUT2D eigenvalue weighted by molar-refractivity contribution is -0.653. The number of carbonyl (C=O) groups excluding carboxylic acids is 1. The van der Waals surface area contributed by atoms with E-state index in [-0.39, 0.29) is 5.82 Å². The fraction of sp³-hybridized carbons (Fsp3) is 0.333. The number of nitrogens with two attached hydrogens (primary N) is 1. The molecule has 136 valence electrons. The van der Waals surface area contributed by atoms with Gasteiger partial charge in [0, 0.05) is 6.07 Å². The van der Waals surface area contributed by atoms with Gasteiger partial charge in [0.1, 0.15) is 12.3 Å². The fourth-order valence-electron chi connectivity index (χ4n) is 3.13. The van der Waals surface area contributed by atoms with Gasteiger partial charge in [0.2, 0.25) is 6.41 Å². The summed E-state index contributed by atoms with van der Waals surface area (Å²) in [4.78, 5) is 21.7. The van der Waals surface area contributed by atoms with Gasteiger partial charge in [-0.3, -0.25) is 9.69 Å². The summed E-state index contributed by atoms with van der Waals surface area (Å²) in [5.41, 5.74) is 8.73. The number of hydrogen-bond donors (Lipinski definition) is 1. The number of hydrogen-bond acceptors (Lipinski definition) is 5. The molecule has 0 unspecified atom stereocenters. The Hall–Kier alpha value is -3.16. The van der Waals surface area contributed by atoms with Crippen molar-refractivity contribution in [2.45, 2.75) is 26.9 Å². The molecule has 0 atom stereocenters. The zero-order valence-electron chi connectivity index (χ0n) is 15.4. The van der Waals surface area contributed by atoms with Crippen LogP contribution >= 0.6 is 0 Å². The smallest absolute Gasteiger partial charge is 0.277 e. The zero-order chi connectivity index (χ0) is 18.8. The highest BCUT2D eigenvalue weighted by Gasteiger charge is 2.26. The van der Waals surface area contributed by atoms with E-state index in [0.29, 0.717) is 18.1 Å². The molecule has 0 aliphatic rings. The maximum Gasteiger partial charge on any atom is 0.277 e. The number of methoxy groups -OCH3 is 1. The first-order chi connectivity index (χ1) is 12.5. The van der Waals surface area contributed by atoms with Crippen molar-refractivity contribution < 1.29 is 14.1 Å². The number of aryl methyl sites for hydroxylation is 3. The number of aromatic nitrogens is 4. The van der Waals surface area contributed by atoms with E-state index in [1.54, 1.807) is 13.3 Å². The Morgan fingerprint density at radius 3 is 2.85 bits per heavy atom. The van der Waals surface area contributed by atoms with Crippen LogP contribution in [-0.2, 0) is 24.9 Å². The van der Waals surface area contributed by atoms with Crippen LogP contribution < -0.4 is 19.9 Å². The Morgan fingerprint density at radius 2 is 2.19 bits per heavy atom. The summed E-state index contributed by atoms with van der Waals surface area (Å²) >= 11 is 0. The van der Waals surface area contributed by atoms with Crippen LogP contribution in [0.15, 0.2) is 24.4 Å². The summed E-state index contributed by atoms with van der Waals surface area (Å²) in [5.74, 6) is 2.33. The van der Waals surface area contributed by atoms with Gasteiger partial charge in [-0.1, -0.05) is 0 Å². The third-order valence-electron chi connectivity index (χ3n) is 4.46. The van der Waals surface area contributed by atoms with Gasteiger partial charge in [-0.2, -0.15) is 0 Å². The summed E-state index contributed by atoms with van der Waals surface area (Å²) < 4.78 is 9.56. The molecule has 8 heteroatoms. The van der Waals surface area contributed by atoms with E-state index in [9.17, 15) is 4.79 Å². The monoisotopic (exact) mass is 355 g/mol. The summed E-state index contributed by atoms with van der Waals surface area (Å²) in [5, 5.41) is 0. The van der Waals surface area contributed by atoms with Crippen molar-refractivity contribution in [1.29, 1.82) is 0 Å². The predicted molar refractivity (Wildman–Crippen MR) is 98.8 cm³/mol. The number of nitrogens with zero attached hydrogens (tertiary/aromatic N) is 5. The molecule has 1 amide bonds. The van der Waals surface area contributed by atoms with Gasteiger partial charge in [0.15, 0.2) is 22.7 Å². The molecule has 0 aliphatic heterocycles. The van der Waals surface area contributed by atoms with Gasteiger partial charge in [0.05, 0.1) is 32.6 Å². The second-order valence-electron chi connectivity index (χ2n) is 6.03. The molecule has 0 saturated heterocycles. The average Bonchev–Trinajstić information content (AvgIpc) is 2.92. The summed E-state index contributed by atoms with van der Waals surface area (Å²) in [7, 11) is 3.62. The molecule has 8 nitrogen and oxygen atoms in total. The number of ether oxygens (including phenoxy) is 1. The molecule has 3 rings (SSSR count). The van der Waals surface area contributed by atoms with Gasteiger partial charge in [-0.25, -0.2) is 19.1 Å². The predicted octanol–water partition coefficient (Wildman–Crippen LogP) is 1.34. The molecule has 0 fully saturated rings. The molecular weight excluding hydrogens is 332 g/mol. The van der Waals surface area contributed by atoms with Crippen molar-refractivity contribution in [2.75, 3.05) is 17.7 Å². The number of nitrogen functional groups attached to an aromatic ring is 1. The molecule has 2 aromatic heterocycles. The first kappa shape index (κ1) is 17.7. The number of amides is 1. The first-order valence-electron chi connectivity index (χ1n) is 8.36. The van der Waals surface area contributed by atoms with Crippen molar-refractivity contribution in [3.8, 4) is 5.75 Å². The van der Waals surface area contributed by atoms with Gasteiger partial charge >= 0.3 is 0 Å². The highest BCUT2D eigenvalue weighted by atomic mass is 16.5. The van der Waals surface area contributed by atoms with Crippen LogP contribution in [0.5, 0.6) is 5.75 Å². The number of imidazole rings is 1. The molecule has 1 aromatic carbocycles. The lowest BCUT2D eigenvalue weighted by Gasteiger charge is -2.16. The second-order valence-corrected chi connectivity index (χ2v) is 6.03. The minimum Gasteiger partial charge on any atom is -0.497 e. The molecule has 2 N–H and O–H groups in total. The largest absolute Gasteiger partial charge is 0.497 e. The molecule has 0 spiro atoms. The van der Waals surface area contributed by atoms with Gasteiger partial charge < -0.3 is 10.5 Å². The Kier molecular flexibility index (Phi) is 4.75. The van der Waals surface area contributed by atoms with E-state index >= 15 is 0 Å². The van der Waals surface area contributed by atoms with E-state index < -0.39 is 0 Å². The highest BCUT2D eigenvalue weighted by molar-refractivity contribution is 5.79. The first-order valence-corrected chi connectivity index (χ1v) is 8.36. The van der Waals surface area contributed by atoms with Crippen LogP contribution in [0.4, 0.5) is 11.6 Å². The Bertz CT molecular complexity index is 966. The minimum atomic E-state index is 0.228. The maximum absolute atomic E-state index is 11.8. The van der Waals surface area contributed by atoms with E-state index in [2.05, 4.69) is 26.0 Å². The van der Waals surface area contributed by atoms with Crippen LogP contribution in [0.25, 0.3) is 11.0 Å². The van der Waals surface area contributed by atoms with Crippen LogP contribution in [-0.4, -0.2) is 28.1 Å². The third kappa shape index (κ3) is 2.94. The molecular formula is C18H23N6O2+. The second kappa shape index (κ2) is 6.99. The Balaban J connectivity index is 2.10. The van der Waals surface area contributed by atoms with Crippen molar-refractivity contribution in [3.63, 3.8) is 0 Å². The number of rotatable bonds is 6.